The largest absolute Gasteiger partial charge is 0.329 e. The molecule has 0 radical (unpaired) electrons. The maximum atomic E-state index is 4.90. The summed E-state index contributed by atoms with van der Waals surface area (Å²) in [6, 6.07) is 12.0. The molecule has 11 heavy (non-hydrogen) atoms. The molecule has 0 spiro atoms. The third-order valence-corrected chi connectivity index (χ3v) is 0.833. The van der Waals surface area contributed by atoms with Crippen molar-refractivity contribution in [2.75, 3.05) is 13.1 Å². The quantitative estimate of drug-likeness (QED) is 0.668. The molecule has 1 aromatic rings. The fourth-order valence-electron chi connectivity index (χ4n) is 0.385. The van der Waals surface area contributed by atoms with Crippen LogP contribution in [0.1, 0.15) is 0 Å². The molecule has 0 aliphatic carbocycles. The number of rotatable bonds is 1. The van der Waals surface area contributed by atoms with Crippen molar-refractivity contribution in [2.45, 2.75) is 0 Å². The summed E-state index contributed by atoms with van der Waals surface area (Å²) in [6.07, 6.45) is 0. The van der Waals surface area contributed by atoms with Crippen molar-refractivity contribution in [2.24, 2.45) is 11.5 Å². The van der Waals surface area contributed by atoms with Gasteiger partial charge in [-0.25, -0.2) is 0 Å². The van der Waals surface area contributed by atoms with Crippen LogP contribution in [-0.4, -0.2) is 13.1 Å². The average molecular weight is 175 g/mol. The average Bonchev–Trinajstić information content (AvgIpc) is 2.08. The molecule has 0 fully saturated rings. The van der Waals surface area contributed by atoms with Gasteiger partial charge in [-0.15, -0.1) is 12.4 Å². The van der Waals surface area contributed by atoms with Gasteiger partial charge in [0, 0.05) is 13.1 Å². The normalized spacial score (nSPS) is 7.09. The molecule has 1 rings (SSSR count). The van der Waals surface area contributed by atoms with Crippen LogP contribution in [0.3, 0.4) is 0 Å². The highest BCUT2D eigenvalue weighted by atomic mass is 35.5. The lowest BCUT2D eigenvalue weighted by atomic mass is 10.4. The van der Waals surface area contributed by atoms with E-state index in [-0.39, 0.29) is 12.4 Å². The summed E-state index contributed by atoms with van der Waals surface area (Å²) in [4.78, 5) is 0. The van der Waals surface area contributed by atoms with Gasteiger partial charge >= 0.3 is 0 Å². The molecule has 3 heteroatoms. The Morgan fingerprint density at radius 1 is 0.636 bits per heavy atom. The van der Waals surface area contributed by atoms with Gasteiger partial charge in [-0.3, -0.25) is 0 Å². The Labute approximate surface area is 74.0 Å². The summed E-state index contributed by atoms with van der Waals surface area (Å²) in [7, 11) is 0. The molecule has 0 amide bonds. The summed E-state index contributed by atoms with van der Waals surface area (Å²) in [5.74, 6) is 0. The van der Waals surface area contributed by atoms with E-state index in [1.165, 1.54) is 0 Å². The van der Waals surface area contributed by atoms with Crippen LogP contribution in [0.25, 0.3) is 0 Å². The zero-order chi connectivity index (χ0) is 7.66. The van der Waals surface area contributed by atoms with Gasteiger partial charge in [-0.1, -0.05) is 36.4 Å². The van der Waals surface area contributed by atoms with Crippen molar-refractivity contribution in [3.63, 3.8) is 0 Å². The molecule has 64 valence electrons. The minimum absolute atomic E-state index is 0. The Bertz CT molecular complexity index is 104. The molecule has 0 aromatic heterocycles. The second kappa shape index (κ2) is 12.1. The lowest BCUT2D eigenvalue weighted by Crippen LogP contribution is -2.11. The van der Waals surface area contributed by atoms with E-state index in [0.29, 0.717) is 13.1 Å². The van der Waals surface area contributed by atoms with Crippen molar-refractivity contribution < 1.29 is 0 Å². The van der Waals surface area contributed by atoms with Crippen molar-refractivity contribution in [3.05, 3.63) is 36.4 Å². The monoisotopic (exact) mass is 174 g/mol. The van der Waals surface area contributed by atoms with Crippen LogP contribution < -0.4 is 11.5 Å². The van der Waals surface area contributed by atoms with Crippen LogP contribution in [0.2, 0.25) is 0 Å². The van der Waals surface area contributed by atoms with E-state index in [2.05, 4.69) is 0 Å². The third-order valence-electron chi connectivity index (χ3n) is 0.833. The summed E-state index contributed by atoms with van der Waals surface area (Å²) in [5.41, 5.74) is 9.81. The fourth-order valence-corrected chi connectivity index (χ4v) is 0.385. The van der Waals surface area contributed by atoms with E-state index in [4.69, 9.17) is 11.5 Å². The smallest absolute Gasteiger partial charge is 0.00461 e. The van der Waals surface area contributed by atoms with Gasteiger partial charge < -0.3 is 11.5 Å². The topological polar surface area (TPSA) is 52.0 Å². The highest BCUT2D eigenvalue weighted by Crippen LogP contribution is 1.79. The van der Waals surface area contributed by atoms with Gasteiger partial charge in [0.2, 0.25) is 0 Å². The van der Waals surface area contributed by atoms with Crippen molar-refractivity contribution in [1.29, 1.82) is 0 Å². The maximum absolute atomic E-state index is 4.90. The Morgan fingerprint density at radius 2 is 0.818 bits per heavy atom. The van der Waals surface area contributed by atoms with Crippen LogP contribution in [0.5, 0.6) is 0 Å². The lowest BCUT2D eigenvalue weighted by molar-refractivity contribution is 0.976. The van der Waals surface area contributed by atoms with E-state index in [0.717, 1.165) is 0 Å². The van der Waals surface area contributed by atoms with Crippen LogP contribution in [-0.2, 0) is 0 Å². The SMILES string of the molecule is Cl.NCCN.c1ccccc1. The second-order valence-corrected chi connectivity index (χ2v) is 1.73. The zero-order valence-corrected chi connectivity index (χ0v) is 7.26. The molecule has 2 nitrogen and oxygen atoms in total. The highest BCUT2D eigenvalue weighted by molar-refractivity contribution is 5.85. The number of halogens is 1. The van der Waals surface area contributed by atoms with Crippen molar-refractivity contribution >= 4 is 12.4 Å². The van der Waals surface area contributed by atoms with Crippen LogP contribution in [0.4, 0.5) is 0 Å². The Kier molecular flexibility index (Phi) is 14.4. The first-order valence-electron chi connectivity index (χ1n) is 3.32. The van der Waals surface area contributed by atoms with E-state index in [9.17, 15) is 0 Å². The molecule has 4 N–H and O–H groups in total. The van der Waals surface area contributed by atoms with Crippen LogP contribution >= 0.6 is 12.4 Å². The Hall–Kier alpha value is -0.570. The summed E-state index contributed by atoms with van der Waals surface area (Å²) >= 11 is 0. The zero-order valence-electron chi connectivity index (χ0n) is 6.44. The first kappa shape index (κ1) is 13.1. The van der Waals surface area contributed by atoms with Crippen molar-refractivity contribution in [3.8, 4) is 0 Å². The van der Waals surface area contributed by atoms with Gasteiger partial charge in [-0.05, 0) is 0 Å². The Balaban J connectivity index is 0. The Morgan fingerprint density at radius 3 is 0.909 bits per heavy atom. The number of nitrogens with two attached hydrogens (primary N) is 2. The second-order valence-electron chi connectivity index (χ2n) is 1.73. The molecule has 1 aromatic carbocycles. The first-order valence-corrected chi connectivity index (χ1v) is 3.32. The van der Waals surface area contributed by atoms with Gasteiger partial charge in [0.25, 0.3) is 0 Å². The van der Waals surface area contributed by atoms with Gasteiger partial charge in [0.05, 0.1) is 0 Å². The summed E-state index contributed by atoms with van der Waals surface area (Å²) in [6.45, 7) is 1.19. The minimum atomic E-state index is 0. The van der Waals surface area contributed by atoms with E-state index in [1.54, 1.807) is 0 Å². The van der Waals surface area contributed by atoms with Crippen LogP contribution in [0.15, 0.2) is 36.4 Å². The standard InChI is InChI=1S/C6H6.C2H8N2.ClH/c1-2-4-6-5-3-1;3-1-2-4;/h1-6H;1-4H2;1H. The summed E-state index contributed by atoms with van der Waals surface area (Å²) < 4.78 is 0. The van der Waals surface area contributed by atoms with Gasteiger partial charge in [-0.2, -0.15) is 0 Å². The summed E-state index contributed by atoms with van der Waals surface area (Å²) in [5, 5.41) is 0. The molecule has 0 aliphatic heterocycles. The number of hydrogen-bond donors (Lipinski definition) is 2. The molecule has 0 saturated heterocycles. The van der Waals surface area contributed by atoms with Crippen molar-refractivity contribution in [1.82, 2.24) is 0 Å². The molecule has 0 heterocycles. The molecular weight excluding hydrogens is 160 g/mol. The first-order chi connectivity index (χ1) is 4.91. The molecular formula is C8H15ClN2. The van der Waals surface area contributed by atoms with E-state index >= 15 is 0 Å². The van der Waals surface area contributed by atoms with Crippen LogP contribution in [0, 0.1) is 0 Å². The number of benzene rings is 1. The van der Waals surface area contributed by atoms with E-state index < -0.39 is 0 Å². The fraction of sp³-hybridized carbons (Fsp3) is 0.250. The predicted octanol–water partition coefficient (Wildman–Crippen LogP) is 1.01. The highest BCUT2D eigenvalue weighted by Gasteiger charge is 1.57. The molecule has 0 saturated carbocycles. The lowest BCUT2D eigenvalue weighted by Gasteiger charge is -1.72. The number of hydrogen-bond acceptors (Lipinski definition) is 2. The van der Waals surface area contributed by atoms with Gasteiger partial charge in [0.15, 0.2) is 0 Å². The molecule has 0 unspecified atom stereocenters. The third kappa shape index (κ3) is 12.6. The maximum Gasteiger partial charge on any atom is 0.00461 e. The minimum Gasteiger partial charge on any atom is -0.329 e. The molecule has 0 atom stereocenters. The predicted molar refractivity (Wildman–Crippen MR) is 51.8 cm³/mol. The molecule has 0 aliphatic rings. The molecule has 0 bridgehead atoms. The van der Waals surface area contributed by atoms with E-state index in [1.807, 2.05) is 36.4 Å². The van der Waals surface area contributed by atoms with Gasteiger partial charge in [0.1, 0.15) is 0 Å².